The van der Waals surface area contributed by atoms with E-state index >= 15 is 0 Å². The largest absolute Gasteiger partial charge is 0.388 e. The van der Waals surface area contributed by atoms with Crippen molar-refractivity contribution in [2.24, 2.45) is 0 Å². The summed E-state index contributed by atoms with van der Waals surface area (Å²) in [6.45, 7) is 5.97. The molecule has 2 aliphatic rings. The number of aromatic nitrogens is 1. The number of fused-ring (bicyclic) bond motifs is 1. The molecule has 1 aromatic rings. The number of nitrogens with zero attached hydrogens (tertiary/aromatic N) is 2. The number of hydrogen-bond donors (Lipinski definition) is 1. The second-order valence-electron chi connectivity index (χ2n) is 6.11. The van der Waals surface area contributed by atoms with E-state index in [4.69, 9.17) is 0 Å². The second-order valence-corrected chi connectivity index (χ2v) is 6.11. The van der Waals surface area contributed by atoms with E-state index in [1.54, 1.807) is 0 Å². The maximum Gasteiger partial charge on any atom is 0.0807 e. The van der Waals surface area contributed by atoms with Crippen molar-refractivity contribution in [1.29, 1.82) is 0 Å². The normalized spacial score (nSPS) is 25.5. The summed E-state index contributed by atoms with van der Waals surface area (Å²) in [4.78, 5) is 2.58. The maximum absolute atomic E-state index is 10.1. The molecule has 0 saturated carbocycles. The molecular formula is C16H26N2O. The SMILES string of the molecule is CCCN1CCC(n2ccc3c2CCCC3O)CC1. The number of rotatable bonds is 3. The highest BCUT2D eigenvalue weighted by Gasteiger charge is 2.26. The van der Waals surface area contributed by atoms with Gasteiger partial charge in [-0.15, -0.1) is 0 Å². The van der Waals surface area contributed by atoms with Crippen molar-refractivity contribution < 1.29 is 5.11 Å². The molecule has 19 heavy (non-hydrogen) atoms. The van der Waals surface area contributed by atoms with Crippen LogP contribution in [-0.2, 0) is 6.42 Å². The van der Waals surface area contributed by atoms with Crippen LogP contribution in [0.2, 0.25) is 0 Å². The third kappa shape index (κ3) is 2.59. The highest BCUT2D eigenvalue weighted by molar-refractivity contribution is 5.28. The van der Waals surface area contributed by atoms with E-state index < -0.39 is 0 Å². The Labute approximate surface area is 116 Å². The molecule has 3 rings (SSSR count). The first-order chi connectivity index (χ1) is 9.29. The van der Waals surface area contributed by atoms with Crippen LogP contribution in [-0.4, -0.2) is 34.2 Å². The lowest BCUT2D eigenvalue weighted by Crippen LogP contribution is -2.35. The van der Waals surface area contributed by atoms with Gasteiger partial charge in [-0.25, -0.2) is 0 Å². The lowest BCUT2D eigenvalue weighted by atomic mass is 9.94. The van der Waals surface area contributed by atoms with E-state index in [9.17, 15) is 5.11 Å². The number of piperidine rings is 1. The summed E-state index contributed by atoms with van der Waals surface area (Å²) >= 11 is 0. The summed E-state index contributed by atoms with van der Waals surface area (Å²) in [6, 6.07) is 2.81. The number of aliphatic hydroxyl groups excluding tert-OH is 1. The van der Waals surface area contributed by atoms with Crippen LogP contribution in [0.25, 0.3) is 0 Å². The monoisotopic (exact) mass is 262 g/mol. The van der Waals surface area contributed by atoms with Crippen LogP contribution in [0.5, 0.6) is 0 Å². The van der Waals surface area contributed by atoms with E-state index in [1.807, 2.05) is 0 Å². The molecule has 1 aromatic heterocycles. The Morgan fingerprint density at radius 1 is 1.26 bits per heavy atom. The van der Waals surface area contributed by atoms with Gasteiger partial charge in [0.05, 0.1) is 6.10 Å². The molecular weight excluding hydrogens is 236 g/mol. The maximum atomic E-state index is 10.1. The average molecular weight is 262 g/mol. The van der Waals surface area contributed by atoms with Crippen molar-refractivity contribution in [3.63, 3.8) is 0 Å². The minimum absolute atomic E-state index is 0.217. The first-order valence-corrected chi connectivity index (χ1v) is 7.89. The Morgan fingerprint density at radius 2 is 2.05 bits per heavy atom. The molecule has 0 bridgehead atoms. The highest BCUT2D eigenvalue weighted by atomic mass is 16.3. The fraction of sp³-hybridized carbons (Fsp3) is 0.750. The van der Waals surface area contributed by atoms with E-state index in [1.165, 1.54) is 50.2 Å². The van der Waals surface area contributed by atoms with Gasteiger partial charge in [0, 0.05) is 36.6 Å². The van der Waals surface area contributed by atoms with Gasteiger partial charge in [0.1, 0.15) is 0 Å². The quantitative estimate of drug-likeness (QED) is 0.907. The molecule has 1 fully saturated rings. The summed E-state index contributed by atoms with van der Waals surface area (Å²) in [5, 5.41) is 10.1. The van der Waals surface area contributed by atoms with Gasteiger partial charge >= 0.3 is 0 Å². The summed E-state index contributed by atoms with van der Waals surface area (Å²) in [5.41, 5.74) is 2.61. The molecule has 1 unspecified atom stereocenters. The van der Waals surface area contributed by atoms with Crippen molar-refractivity contribution in [2.45, 2.75) is 57.6 Å². The standard InChI is InChI=1S/C16H26N2O/c1-2-9-17-10-6-13(7-11-17)18-12-8-14-15(18)4-3-5-16(14)19/h8,12-13,16,19H,2-7,9-11H2,1H3. The van der Waals surface area contributed by atoms with Gasteiger partial charge in [0.15, 0.2) is 0 Å². The molecule has 1 aliphatic heterocycles. The molecule has 0 amide bonds. The molecule has 1 saturated heterocycles. The van der Waals surface area contributed by atoms with Crippen molar-refractivity contribution in [2.75, 3.05) is 19.6 Å². The molecule has 1 atom stereocenters. The zero-order valence-corrected chi connectivity index (χ0v) is 12.0. The van der Waals surface area contributed by atoms with Gasteiger partial charge in [-0.05, 0) is 51.1 Å². The Hall–Kier alpha value is -0.800. The Bertz CT molecular complexity index is 418. The van der Waals surface area contributed by atoms with Gasteiger partial charge in [0.25, 0.3) is 0 Å². The van der Waals surface area contributed by atoms with Crippen molar-refractivity contribution >= 4 is 0 Å². The smallest absolute Gasteiger partial charge is 0.0807 e. The summed E-state index contributed by atoms with van der Waals surface area (Å²) in [6.07, 6.45) is 9.00. The van der Waals surface area contributed by atoms with Gasteiger partial charge in [0.2, 0.25) is 0 Å². The number of aliphatic hydroxyl groups is 1. The minimum Gasteiger partial charge on any atom is -0.388 e. The van der Waals surface area contributed by atoms with Crippen LogP contribution in [0.1, 0.15) is 62.4 Å². The summed E-state index contributed by atoms with van der Waals surface area (Å²) in [5.74, 6) is 0. The molecule has 3 heteroatoms. The van der Waals surface area contributed by atoms with Crippen LogP contribution >= 0.6 is 0 Å². The summed E-state index contributed by atoms with van der Waals surface area (Å²) in [7, 11) is 0. The molecule has 1 aliphatic carbocycles. The predicted molar refractivity (Wildman–Crippen MR) is 77.3 cm³/mol. The fourth-order valence-corrected chi connectivity index (χ4v) is 3.77. The Morgan fingerprint density at radius 3 is 2.79 bits per heavy atom. The molecule has 0 radical (unpaired) electrons. The van der Waals surface area contributed by atoms with Gasteiger partial charge in [-0.1, -0.05) is 6.92 Å². The molecule has 0 aromatic carbocycles. The average Bonchev–Trinajstić information content (AvgIpc) is 2.85. The lowest BCUT2D eigenvalue weighted by molar-refractivity contribution is 0.152. The third-order valence-electron chi connectivity index (χ3n) is 4.80. The van der Waals surface area contributed by atoms with Crippen molar-refractivity contribution in [3.8, 4) is 0 Å². The Balaban J connectivity index is 1.70. The van der Waals surface area contributed by atoms with Crippen molar-refractivity contribution in [1.82, 2.24) is 9.47 Å². The first-order valence-electron chi connectivity index (χ1n) is 7.89. The highest BCUT2D eigenvalue weighted by Crippen LogP contribution is 2.34. The van der Waals surface area contributed by atoms with E-state index in [0.29, 0.717) is 6.04 Å². The molecule has 106 valence electrons. The zero-order chi connectivity index (χ0) is 13.2. The van der Waals surface area contributed by atoms with Crippen LogP contribution in [0.15, 0.2) is 12.3 Å². The summed E-state index contributed by atoms with van der Waals surface area (Å²) < 4.78 is 2.47. The van der Waals surface area contributed by atoms with E-state index in [-0.39, 0.29) is 6.10 Å². The molecule has 3 nitrogen and oxygen atoms in total. The zero-order valence-electron chi connectivity index (χ0n) is 12.0. The molecule has 1 N–H and O–H groups in total. The Kier molecular flexibility index (Phi) is 3.94. The van der Waals surface area contributed by atoms with E-state index in [2.05, 4.69) is 28.7 Å². The predicted octanol–water partition coefficient (Wildman–Crippen LogP) is 2.90. The first kappa shape index (κ1) is 13.2. The van der Waals surface area contributed by atoms with Crippen LogP contribution < -0.4 is 0 Å². The van der Waals surface area contributed by atoms with Crippen LogP contribution in [0, 0.1) is 0 Å². The second kappa shape index (κ2) is 5.68. The van der Waals surface area contributed by atoms with Gasteiger partial charge in [-0.2, -0.15) is 0 Å². The van der Waals surface area contributed by atoms with E-state index in [0.717, 1.165) is 19.3 Å². The minimum atomic E-state index is -0.217. The molecule has 0 spiro atoms. The number of hydrogen-bond acceptors (Lipinski definition) is 2. The molecule has 2 heterocycles. The third-order valence-corrected chi connectivity index (χ3v) is 4.80. The van der Waals surface area contributed by atoms with Gasteiger partial charge < -0.3 is 14.6 Å². The van der Waals surface area contributed by atoms with Gasteiger partial charge in [-0.3, -0.25) is 0 Å². The van der Waals surface area contributed by atoms with Crippen LogP contribution in [0.3, 0.4) is 0 Å². The van der Waals surface area contributed by atoms with Crippen LogP contribution in [0.4, 0.5) is 0 Å². The lowest BCUT2D eigenvalue weighted by Gasteiger charge is -2.34. The topological polar surface area (TPSA) is 28.4 Å². The number of likely N-dealkylation sites (tertiary alicyclic amines) is 1. The fourth-order valence-electron chi connectivity index (χ4n) is 3.77. The van der Waals surface area contributed by atoms with Crippen molar-refractivity contribution in [3.05, 3.63) is 23.5 Å².